The number of nitrogens with two attached hydrogens (primary N) is 1. The van der Waals surface area contributed by atoms with Crippen molar-refractivity contribution in [2.24, 2.45) is 11.7 Å². The second-order valence-electron chi connectivity index (χ2n) is 5.41. The fourth-order valence-corrected chi connectivity index (χ4v) is 2.76. The molecule has 0 aliphatic heterocycles. The Morgan fingerprint density at radius 3 is 2.50 bits per heavy atom. The highest BCUT2D eigenvalue weighted by Crippen LogP contribution is 2.27. The lowest BCUT2D eigenvalue weighted by Gasteiger charge is -2.19. The number of ether oxygens (including phenoxy) is 1. The van der Waals surface area contributed by atoms with Gasteiger partial charge in [0.2, 0.25) is 0 Å². The number of hydrogen-bond acceptors (Lipinski definition) is 2. The summed E-state index contributed by atoms with van der Waals surface area (Å²) in [6, 6.07) is 8.63. The molecule has 2 rings (SSSR count). The van der Waals surface area contributed by atoms with Crippen LogP contribution >= 0.6 is 0 Å². The Bertz CT molecular complexity index is 341. The number of aryl methyl sites for hydroxylation is 1. The third-order valence-corrected chi connectivity index (χ3v) is 3.91. The van der Waals surface area contributed by atoms with Gasteiger partial charge < -0.3 is 10.5 Å². The van der Waals surface area contributed by atoms with Crippen LogP contribution in [0.3, 0.4) is 0 Å². The van der Waals surface area contributed by atoms with Crippen LogP contribution in [0.25, 0.3) is 0 Å². The zero-order valence-corrected chi connectivity index (χ0v) is 11.4. The van der Waals surface area contributed by atoms with Gasteiger partial charge in [-0.05, 0) is 42.9 Å². The molecule has 0 amide bonds. The molecule has 1 fully saturated rings. The summed E-state index contributed by atoms with van der Waals surface area (Å²) >= 11 is 0. The van der Waals surface area contributed by atoms with Crippen LogP contribution in [-0.4, -0.2) is 12.6 Å². The number of hydrogen-bond donors (Lipinski definition) is 1. The molecule has 2 heteroatoms. The van der Waals surface area contributed by atoms with E-state index in [9.17, 15) is 0 Å². The second kappa shape index (κ2) is 6.79. The minimum atomic E-state index is 0.197. The van der Waals surface area contributed by atoms with Gasteiger partial charge in [-0.1, -0.05) is 38.3 Å². The summed E-state index contributed by atoms with van der Waals surface area (Å²) in [4.78, 5) is 0. The molecule has 2 N–H and O–H groups in total. The van der Waals surface area contributed by atoms with E-state index in [1.165, 1.54) is 37.7 Å². The molecule has 0 bridgehead atoms. The Morgan fingerprint density at radius 1 is 1.22 bits per heavy atom. The summed E-state index contributed by atoms with van der Waals surface area (Å²) in [5.74, 6) is 1.62. The smallest absolute Gasteiger partial charge is 0.119 e. The van der Waals surface area contributed by atoms with Crippen molar-refractivity contribution in [2.45, 2.75) is 51.5 Å². The molecule has 100 valence electrons. The van der Waals surface area contributed by atoms with Crippen molar-refractivity contribution in [1.29, 1.82) is 0 Å². The molecule has 0 aromatic heterocycles. The predicted molar refractivity (Wildman–Crippen MR) is 75.9 cm³/mol. The summed E-state index contributed by atoms with van der Waals surface area (Å²) in [5, 5.41) is 0. The van der Waals surface area contributed by atoms with Gasteiger partial charge in [0, 0.05) is 6.04 Å². The topological polar surface area (TPSA) is 35.2 Å². The Labute approximate surface area is 111 Å². The van der Waals surface area contributed by atoms with Crippen molar-refractivity contribution >= 4 is 0 Å². The molecule has 1 saturated carbocycles. The summed E-state index contributed by atoms with van der Waals surface area (Å²) in [6.45, 7) is 2.85. The van der Waals surface area contributed by atoms with Crippen LogP contribution in [0.2, 0.25) is 0 Å². The predicted octanol–water partition coefficient (Wildman–Crippen LogP) is 3.54. The Morgan fingerprint density at radius 2 is 1.89 bits per heavy atom. The van der Waals surface area contributed by atoms with Gasteiger partial charge in [-0.25, -0.2) is 0 Å². The van der Waals surface area contributed by atoms with Crippen LogP contribution in [0.15, 0.2) is 24.3 Å². The van der Waals surface area contributed by atoms with Crippen LogP contribution in [0.5, 0.6) is 5.75 Å². The molecule has 0 heterocycles. The summed E-state index contributed by atoms with van der Waals surface area (Å²) < 4.78 is 5.79. The average Bonchev–Trinajstić information content (AvgIpc) is 2.92. The summed E-state index contributed by atoms with van der Waals surface area (Å²) in [5.41, 5.74) is 7.56. The Kier molecular flexibility index (Phi) is 5.06. The van der Waals surface area contributed by atoms with Gasteiger partial charge in [0.25, 0.3) is 0 Å². The van der Waals surface area contributed by atoms with Crippen LogP contribution in [0.1, 0.15) is 44.6 Å². The zero-order chi connectivity index (χ0) is 12.8. The minimum absolute atomic E-state index is 0.197. The number of benzene rings is 1. The molecular formula is C16H25NO. The van der Waals surface area contributed by atoms with Gasteiger partial charge in [-0.15, -0.1) is 0 Å². The molecule has 1 aromatic rings. The van der Waals surface area contributed by atoms with Gasteiger partial charge in [0.1, 0.15) is 12.4 Å². The van der Waals surface area contributed by atoms with Crippen LogP contribution in [-0.2, 0) is 6.42 Å². The molecule has 18 heavy (non-hydrogen) atoms. The van der Waals surface area contributed by atoms with Crippen molar-refractivity contribution in [3.05, 3.63) is 29.8 Å². The fraction of sp³-hybridized carbons (Fsp3) is 0.625. The first-order chi connectivity index (χ1) is 8.79. The second-order valence-corrected chi connectivity index (χ2v) is 5.41. The number of rotatable bonds is 6. The lowest BCUT2D eigenvalue weighted by Crippen LogP contribution is -2.34. The first-order valence-corrected chi connectivity index (χ1v) is 7.27. The maximum atomic E-state index is 6.18. The van der Waals surface area contributed by atoms with Crippen molar-refractivity contribution in [2.75, 3.05) is 6.61 Å². The SMILES string of the molecule is CCCc1ccc(OCC(N)C2CCCC2)cc1. The summed E-state index contributed by atoms with van der Waals surface area (Å²) in [6.07, 6.45) is 7.56. The van der Waals surface area contributed by atoms with E-state index in [0.29, 0.717) is 12.5 Å². The van der Waals surface area contributed by atoms with Crippen LogP contribution < -0.4 is 10.5 Å². The van der Waals surface area contributed by atoms with Crippen LogP contribution in [0.4, 0.5) is 0 Å². The van der Waals surface area contributed by atoms with Crippen molar-refractivity contribution < 1.29 is 4.74 Å². The first kappa shape index (κ1) is 13.4. The molecule has 1 unspecified atom stereocenters. The van der Waals surface area contributed by atoms with Crippen molar-refractivity contribution in [3.8, 4) is 5.75 Å². The van der Waals surface area contributed by atoms with Gasteiger partial charge in [-0.2, -0.15) is 0 Å². The Hall–Kier alpha value is -1.02. The third kappa shape index (κ3) is 3.74. The third-order valence-electron chi connectivity index (χ3n) is 3.91. The molecule has 0 radical (unpaired) electrons. The van der Waals surface area contributed by atoms with Gasteiger partial charge in [0.05, 0.1) is 0 Å². The van der Waals surface area contributed by atoms with Gasteiger partial charge >= 0.3 is 0 Å². The lowest BCUT2D eigenvalue weighted by atomic mass is 10.00. The van der Waals surface area contributed by atoms with Gasteiger partial charge in [0.15, 0.2) is 0 Å². The quantitative estimate of drug-likeness (QED) is 0.834. The van der Waals surface area contributed by atoms with E-state index in [-0.39, 0.29) is 6.04 Å². The molecular weight excluding hydrogens is 222 g/mol. The van der Waals surface area contributed by atoms with E-state index in [1.807, 2.05) is 0 Å². The van der Waals surface area contributed by atoms with E-state index in [4.69, 9.17) is 10.5 Å². The summed E-state index contributed by atoms with van der Waals surface area (Å²) in [7, 11) is 0. The van der Waals surface area contributed by atoms with Gasteiger partial charge in [-0.3, -0.25) is 0 Å². The highest BCUT2D eigenvalue weighted by Gasteiger charge is 2.22. The lowest BCUT2D eigenvalue weighted by molar-refractivity contribution is 0.247. The van der Waals surface area contributed by atoms with E-state index in [1.54, 1.807) is 0 Å². The fourth-order valence-electron chi connectivity index (χ4n) is 2.76. The van der Waals surface area contributed by atoms with E-state index in [0.717, 1.165) is 12.2 Å². The zero-order valence-electron chi connectivity index (χ0n) is 11.4. The molecule has 2 nitrogen and oxygen atoms in total. The van der Waals surface area contributed by atoms with E-state index >= 15 is 0 Å². The molecule has 1 aliphatic carbocycles. The maximum Gasteiger partial charge on any atom is 0.119 e. The Balaban J connectivity index is 1.78. The maximum absolute atomic E-state index is 6.18. The highest BCUT2D eigenvalue weighted by molar-refractivity contribution is 5.27. The van der Waals surface area contributed by atoms with E-state index in [2.05, 4.69) is 31.2 Å². The minimum Gasteiger partial charge on any atom is -0.492 e. The molecule has 0 saturated heterocycles. The van der Waals surface area contributed by atoms with Crippen LogP contribution in [0, 0.1) is 5.92 Å². The molecule has 1 aromatic carbocycles. The standard InChI is InChI=1S/C16H25NO/c1-2-5-13-8-10-15(11-9-13)18-12-16(17)14-6-3-4-7-14/h8-11,14,16H,2-7,12,17H2,1H3. The molecule has 0 spiro atoms. The first-order valence-electron chi connectivity index (χ1n) is 7.27. The molecule has 1 atom stereocenters. The highest BCUT2D eigenvalue weighted by atomic mass is 16.5. The van der Waals surface area contributed by atoms with Crippen molar-refractivity contribution in [1.82, 2.24) is 0 Å². The largest absolute Gasteiger partial charge is 0.492 e. The average molecular weight is 247 g/mol. The molecule has 1 aliphatic rings. The normalized spacial score (nSPS) is 17.9. The van der Waals surface area contributed by atoms with Crippen molar-refractivity contribution in [3.63, 3.8) is 0 Å². The van der Waals surface area contributed by atoms with E-state index < -0.39 is 0 Å². The monoisotopic (exact) mass is 247 g/mol.